The molecule has 8 heteroatoms. The number of nitro groups is 1. The molecule has 0 bridgehead atoms. The van der Waals surface area contributed by atoms with Crippen LogP contribution in [-0.4, -0.2) is 45.8 Å². The summed E-state index contributed by atoms with van der Waals surface area (Å²) >= 11 is 0. The molecule has 2 saturated heterocycles. The van der Waals surface area contributed by atoms with Gasteiger partial charge in [-0.2, -0.15) is 0 Å². The van der Waals surface area contributed by atoms with Crippen molar-refractivity contribution < 1.29 is 13.3 Å². The van der Waals surface area contributed by atoms with E-state index >= 15 is 0 Å². The van der Waals surface area contributed by atoms with Gasteiger partial charge in [0.1, 0.15) is 5.69 Å². The van der Waals surface area contributed by atoms with Gasteiger partial charge in [-0.15, -0.1) is 0 Å². The molecule has 1 aromatic rings. The van der Waals surface area contributed by atoms with Crippen LogP contribution in [0.3, 0.4) is 0 Å². The van der Waals surface area contributed by atoms with Crippen LogP contribution in [0.4, 0.5) is 11.4 Å². The van der Waals surface area contributed by atoms with Gasteiger partial charge in [0, 0.05) is 37.4 Å². The summed E-state index contributed by atoms with van der Waals surface area (Å²) in [6.07, 6.45) is 3.14. The first-order valence-corrected chi connectivity index (χ1v) is 9.14. The Balaban J connectivity index is 1.95. The minimum Gasteiger partial charge on any atom is -0.365 e. The van der Waals surface area contributed by atoms with Crippen molar-refractivity contribution in [1.82, 2.24) is 5.32 Å². The van der Waals surface area contributed by atoms with Gasteiger partial charge in [-0.05, 0) is 31.5 Å². The first-order valence-electron chi connectivity index (χ1n) is 7.25. The average molecular weight is 325 g/mol. The SMILES string of the molecule is CS(=O)(=O)c1ccc(N2CCC3(CCNC3)C2)c([N+](=O)[O-])c1. The molecule has 0 radical (unpaired) electrons. The lowest BCUT2D eigenvalue weighted by molar-refractivity contribution is -0.384. The molecule has 0 amide bonds. The number of sulfone groups is 1. The third-order valence-electron chi connectivity index (χ3n) is 4.68. The lowest BCUT2D eigenvalue weighted by atomic mass is 9.86. The van der Waals surface area contributed by atoms with Crippen molar-refractivity contribution in [2.45, 2.75) is 17.7 Å². The Morgan fingerprint density at radius 3 is 2.73 bits per heavy atom. The number of rotatable bonds is 3. The molecule has 1 N–H and O–H groups in total. The molecule has 2 aliphatic rings. The molecule has 0 aliphatic carbocycles. The molecular weight excluding hydrogens is 306 g/mol. The molecule has 0 aromatic heterocycles. The van der Waals surface area contributed by atoms with Crippen molar-refractivity contribution in [3.05, 3.63) is 28.3 Å². The summed E-state index contributed by atoms with van der Waals surface area (Å²) in [6, 6.07) is 4.19. The second-order valence-corrected chi connectivity index (χ2v) is 8.29. The first kappa shape index (κ1) is 15.2. The summed E-state index contributed by atoms with van der Waals surface area (Å²) < 4.78 is 23.2. The zero-order chi connectivity index (χ0) is 16.0. The van der Waals surface area contributed by atoms with Crippen LogP contribution in [0, 0.1) is 15.5 Å². The third kappa shape index (κ3) is 2.68. The number of benzene rings is 1. The number of hydrogen-bond donors (Lipinski definition) is 1. The van der Waals surface area contributed by atoms with Gasteiger partial charge in [-0.3, -0.25) is 10.1 Å². The Labute approximate surface area is 129 Å². The van der Waals surface area contributed by atoms with Crippen molar-refractivity contribution >= 4 is 21.2 Å². The Morgan fingerprint density at radius 2 is 2.14 bits per heavy atom. The first-order chi connectivity index (χ1) is 10.3. The monoisotopic (exact) mass is 325 g/mol. The van der Waals surface area contributed by atoms with E-state index in [1.165, 1.54) is 12.1 Å². The largest absolute Gasteiger partial charge is 0.365 e. The number of anilines is 1. The van der Waals surface area contributed by atoms with Gasteiger partial charge in [-0.25, -0.2) is 8.42 Å². The number of nitro benzene ring substituents is 1. The van der Waals surface area contributed by atoms with Crippen LogP contribution in [0.15, 0.2) is 23.1 Å². The van der Waals surface area contributed by atoms with E-state index in [0.29, 0.717) is 5.69 Å². The van der Waals surface area contributed by atoms with Crippen molar-refractivity contribution in [1.29, 1.82) is 0 Å². The van der Waals surface area contributed by atoms with E-state index in [-0.39, 0.29) is 16.0 Å². The van der Waals surface area contributed by atoms with Crippen LogP contribution < -0.4 is 10.2 Å². The molecule has 2 aliphatic heterocycles. The fourth-order valence-electron chi connectivity index (χ4n) is 3.43. The van der Waals surface area contributed by atoms with Crippen molar-refractivity contribution in [2.24, 2.45) is 5.41 Å². The Bertz CT molecular complexity index is 711. The van der Waals surface area contributed by atoms with Crippen LogP contribution in [0.5, 0.6) is 0 Å². The van der Waals surface area contributed by atoms with Crippen LogP contribution in [0.1, 0.15) is 12.8 Å². The summed E-state index contributed by atoms with van der Waals surface area (Å²) in [4.78, 5) is 12.8. The lowest BCUT2D eigenvalue weighted by Gasteiger charge is -2.24. The lowest BCUT2D eigenvalue weighted by Crippen LogP contribution is -2.29. The van der Waals surface area contributed by atoms with Gasteiger partial charge in [0.15, 0.2) is 9.84 Å². The van der Waals surface area contributed by atoms with Crippen LogP contribution in [0.2, 0.25) is 0 Å². The molecule has 7 nitrogen and oxygen atoms in total. The minimum atomic E-state index is -3.45. The van der Waals surface area contributed by atoms with E-state index in [1.54, 1.807) is 6.07 Å². The van der Waals surface area contributed by atoms with Gasteiger partial charge in [0.05, 0.1) is 9.82 Å². The molecule has 1 spiro atoms. The maximum Gasteiger partial charge on any atom is 0.293 e. The van der Waals surface area contributed by atoms with Crippen LogP contribution >= 0.6 is 0 Å². The normalized spacial score (nSPS) is 25.0. The predicted molar refractivity (Wildman–Crippen MR) is 83.0 cm³/mol. The second-order valence-electron chi connectivity index (χ2n) is 6.28. The number of nitrogens with zero attached hydrogens (tertiary/aromatic N) is 2. The van der Waals surface area contributed by atoms with E-state index in [1.807, 2.05) is 4.90 Å². The summed E-state index contributed by atoms with van der Waals surface area (Å²) in [7, 11) is -3.45. The van der Waals surface area contributed by atoms with Crippen molar-refractivity contribution in [3.8, 4) is 0 Å². The highest BCUT2D eigenvalue weighted by Gasteiger charge is 2.41. The van der Waals surface area contributed by atoms with E-state index in [2.05, 4.69) is 5.32 Å². The summed E-state index contributed by atoms with van der Waals surface area (Å²) in [5.41, 5.74) is 0.579. The highest BCUT2D eigenvalue weighted by atomic mass is 32.2. The van der Waals surface area contributed by atoms with Crippen molar-refractivity contribution in [2.75, 3.05) is 37.3 Å². The zero-order valence-electron chi connectivity index (χ0n) is 12.4. The molecule has 120 valence electrons. The highest BCUT2D eigenvalue weighted by molar-refractivity contribution is 7.90. The fourth-order valence-corrected chi connectivity index (χ4v) is 4.07. The highest BCUT2D eigenvalue weighted by Crippen LogP contribution is 2.41. The maximum atomic E-state index is 11.6. The fraction of sp³-hybridized carbons (Fsp3) is 0.571. The second kappa shape index (κ2) is 5.20. The summed E-state index contributed by atoms with van der Waals surface area (Å²) in [6.45, 7) is 3.47. The molecule has 1 unspecified atom stereocenters. The number of nitrogens with one attached hydrogen (secondary N) is 1. The molecule has 1 aromatic carbocycles. The number of hydrogen-bond acceptors (Lipinski definition) is 6. The Kier molecular flexibility index (Phi) is 3.60. The topological polar surface area (TPSA) is 92.6 Å². The molecular formula is C14H19N3O4S. The zero-order valence-corrected chi connectivity index (χ0v) is 13.2. The van der Waals surface area contributed by atoms with Gasteiger partial charge in [0.2, 0.25) is 0 Å². The van der Waals surface area contributed by atoms with E-state index in [9.17, 15) is 18.5 Å². The van der Waals surface area contributed by atoms with Crippen LogP contribution in [0.25, 0.3) is 0 Å². The minimum absolute atomic E-state index is 0.0145. The Hall–Kier alpha value is -1.67. The predicted octanol–water partition coefficient (Wildman–Crippen LogP) is 1.19. The van der Waals surface area contributed by atoms with Gasteiger partial charge < -0.3 is 10.2 Å². The smallest absolute Gasteiger partial charge is 0.293 e. The third-order valence-corrected chi connectivity index (χ3v) is 5.79. The molecule has 3 rings (SSSR count). The standard InChI is InChI=1S/C14H19N3O4S/c1-22(20,21)11-2-3-12(13(8-11)17(18)19)16-7-5-14(10-16)4-6-15-9-14/h2-3,8,15H,4-7,9-10H2,1H3. The van der Waals surface area contributed by atoms with Gasteiger partial charge in [-0.1, -0.05) is 0 Å². The molecule has 22 heavy (non-hydrogen) atoms. The van der Waals surface area contributed by atoms with E-state index < -0.39 is 14.8 Å². The van der Waals surface area contributed by atoms with E-state index in [0.717, 1.165) is 45.3 Å². The molecule has 0 saturated carbocycles. The van der Waals surface area contributed by atoms with E-state index in [4.69, 9.17) is 0 Å². The average Bonchev–Trinajstić information content (AvgIpc) is 3.08. The van der Waals surface area contributed by atoms with Gasteiger partial charge in [0.25, 0.3) is 5.69 Å². The molecule has 2 fully saturated rings. The van der Waals surface area contributed by atoms with Gasteiger partial charge >= 0.3 is 0 Å². The Morgan fingerprint density at radius 1 is 1.36 bits per heavy atom. The van der Waals surface area contributed by atoms with Crippen molar-refractivity contribution in [3.63, 3.8) is 0 Å². The summed E-state index contributed by atoms with van der Waals surface area (Å²) in [5, 5.41) is 14.7. The summed E-state index contributed by atoms with van der Waals surface area (Å²) in [5.74, 6) is 0. The molecule has 2 heterocycles. The molecule has 1 atom stereocenters. The maximum absolute atomic E-state index is 11.6. The quantitative estimate of drug-likeness (QED) is 0.663. The van der Waals surface area contributed by atoms with Crippen LogP contribution in [-0.2, 0) is 9.84 Å².